The maximum absolute atomic E-state index is 12.9. The Hall–Kier alpha value is -2.22. The van der Waals surface area contributed by atoms with Crippen molar-refractivity contribution in [1.29, 1.82) is 0 Å². The zero-order valence-electron chi connectivity index (χ0n) is 15.0. The molecule has 7 nitrogen and oxygen atoms in total. The summed E-state index contributed by atoms with van der Waals surface area (Å²) in [5.41, 5.74) is 0.549. The topological polar surface area (TPSA) is 70.2 Å². The van der Waals surface area contributed by atoms with Crippen LogP contribution < -0.4 is 4.74 Å². The molecule has 2 heterocycles. The second-order valence-electron chi connectivity index (χ2n) is 6.35. The Kier molecular flexibility index (Phi) is 5.70. The number of carbonyl (C=O) groups is 3. The number of carbonyl (C=O) groups excluding carboxylic acids is 3. The van der Waals surface area contributed by atoms with Crippen LogP contribution in [0.4, 0.5) is 0 Å². The number of hydrogen-bond acceptors (Lipinski definition) is 5. The Morgan fingerprint density at radius 3 is 2.23 bits per heavy atom. The van der Waals surface area contributed by atoms with Crippen LogP contribution in [0.3, 0.4) is 0 Å². The van der Waals surface area contributed by atoms with Crippen LogP contribution >= 0.6 is 11.8 Å². The summed E-state index contributed by atoms with van der Waals surface area (Å²) in [5, 5.41) is 0. The van der Waals surface area contributed by atoms with Gasteiger partial charge in [0.1, 0.15) is 11.8 Å². The van der Waals surface area contributed by atoms with Crippen molar-refractivity contribution in [2.75, 3.05) is 44.9 Å². The first-order valence-corrected chi connectivity index (χ1v) is 9.74. The van der Waals surface area contributed by atoms with Gasteiger partial charge in [0, 0.05) is 44.4 Å². The van der Waals surface area contributed by atoms with E-state index in [-0.39, 0.29) is 17.7 Å². The van der Waals surface area contributed by atoms with E-state index >= 15 is 0 Å². The molecular formula is C18H23N3O4S. The summed E-state index contributed by atoms with van der Waals surface area (Å²) in [6.45, 7) is 3.68. The van der Waals surface area contributed by atoms with Crippen LogP contribution in [0.1, 0.15) is 17.3 Å². The quantitative estimate of drug-likeness (QED) is 0.783. The minimum absolute atomic E-state index is 0.0277. The van der Waals surface area contributed by atoms with Gasteiger partial charge in [-0.05, 0) is 24.3 Å². The highest BCUT2D eigenvalue weighted by Crippen LogP contribution is 2.25. The van der Waals surface area contributed by atoms with Gasteiger partial charge in [0.25, 0.3) is 5.91 Å². The Labute approximate surface area is 157 Å². The molecule has 3 amide bonds. The Morgan fingerprint density at radius 1 is 1.04 bits per heavy atom. The smallest absolute Gasteiger partial charge is 0.255 e. The molecule has 0 saturated carbocycles. The first-order valence-electron chi connectivity index (χ1n) is 8.58. The summed E-state index contributed by atoms with van der Waals surface area (Å²) in [7, 11) is 1.58. The van der Waals surface area contributed by atoms with Crippen LogP contribution in [0, 0.1) is 0 Å². The van der Waals surface area contributed by atoms with Gasteiger partial charge in [-0.15, -0.1) is 11.8 Å². The molecule has 26 heavy (non-hydrogen) atoms. The zero-order chi connectivity index (χ0) is 18.7. The minimum atomic E-state index is -0.446. The van der Waals surface area contributed by atoms with Gasteiger partial charge >= 0.3 is 0 Å². The maximum Gasteiger partial charge on any atom is 0.255 e. The summed E-state index contributed by atoms with van der Waals surface area (Å²) in [6.07, 6.45) is 0. The average molecular weight is 377 g/mol. The second-order valence-corrected chi connectivity index (χ2v) is 7.35. The van der Waals surface area contributed by atoms with Crippen LogP contribution in [-0.4, -0.2) is 83.4 Å². The lowest BCUT2D eigenvalue weighted by atomic mass is 10.1. The Bertz CT molecular complexity index is 686. The van der Waals surface area contributed by atoms with Crippen LogP contribution in [0.5, 0.6) is 5.75 Å². The van der Waals surface area contributed by atoms with Crippen molar-refractivity contribution in [3.05, 3.63) is 29.8 Å². The van der Waals surface area contributed by atoms with E-state index in [0.29, 0.717) is 49.1 Å². The average Bonchev–Trinajstić information content (AvgIpc) is 3.16. The van der Waals surface area contributed by atoms with Crippen LogP contribution in [0.2, 0.25) is 0 Å². The fraction of sp³-hybridized carbons (Fsp3) is 0.500. The molecule has 1 unspecified atom stereocenters. The van der Waals surface area contributed by atoms with Crippen LogP contribution in [0.15, 0.2) is 24.3 Å². The molecule has 140 valence electrons. The van der Waals surface area contributed by atoms with Crippen LogP contribution in [0.25, 0.3) is 0 Å². The van der Waals surface area contributed by atoms with E-state index in [1.807, 2.05) is 0 Å². The predicted octanol–water partition coefficient (Wildman–Crippen LogP) is 0.901. The molecule has 2 aliphatic heterocycles. The fourth-order valence-electron chi connectivity index (χ4n) is 3.20. The van der Waals surface area contributed by atoms with Gasteiger partial charge in [0.2, 0.25) is 11.8 Å². The molecule has 2 saturated heterocycles. The van der Waals surface area contributed by atoms with Gasteiger partial charge in [-0.1, -0.05) is 0 Å². The second kappa shape index (κ2) is 7.99. The highest BCUT2D eigenvalue weighted by molar-refractivity contribution is 7.99. The van der Waals surface area contributed by atoms with E-state index in [9.17, 15) is 14.4 Å². The molecule has 0 N–H and O–H groups in total. The van der Waals surface area contributed by atoms with E-state index in [0.717, 1.165) is 0 Å². The molecule has 8 heteroatoms. The highest BCUT2D eigenvalue weighted by Gasteiger charge is 2.38. The van der Waals surface area contributed by atoms with E-state index in [4.69, 9.17) is 4.74 Å². The number of methoxy groups -OCH3 is 1. The first kappa shape index (κ1) is 18.6. The van der Waals surface area contributed by atoms with Crippen molar-refractivity contribution < 1.29 is 19.1 Å². The van der Waals surface area contributed by atoms with Gasteiger partial charge in [-0.2, -0.15) is 0 Å². The van der Waals surface area contributed by atoms with Gasteiger partial charge in [-0.3, -0.25) is 14.4 Å². The lowest BCUT2D eigenvalue weighted by molar-refractivity contribution is -0.140. The SMILES string of the molecule is COc1ccc(C(=O)N2CSCC2C(=O)N2CCN(C(C)=O)CC2)cc1. The van der Waals surface area contributed by atoms with Crippen molar-refractivity contribution in [2.24, 2.45) is 0 Å². The number of hydrogen-bond donors (Lipinski definition) is 0. The highest BCUT2D eigenvalue weighted by atomic mass is 32.2. The number of piperazine rings is 1. The summed E-state index contributed by atoms with van der Waals surface area (Å²) in [5.74, 6) is 1.67. The van der Waals surface area contributed by atoms with Crippen molar-refractivity contribution >= 4 is 29.5 Å². The summed E-state index contributed by atoms with van der Waals surface area (Å²) in [6, 6.07) is 6.48. The van der Waals surface area contributed by atoms with Crippen molar-refractivity contribution in [1.82, 2.24) is 14.7 Å². The number of amides is 3. The molecule has 0 spiro atoms. The number of rotatable bonds is 3. The first-order chi connectivity index (χ1) is 12.5. The molecular weight excluding hydrogens is 354 g/mol. The third-order valence-electron chi connectivity index (χ3n) is 4.80. The number of nitrogens with zero attached hydrogens (tertiary/aromatic N) is 3. The summed E-state index contributed by atoms with van der Waals surface area (Å²) >= 11 is 1.59. The van der Waals surface area contributed by atoms with E-state index in [1.54, 1.807) is 64.8 Å². The molecule has 1 aromatic rings. The summed E-state index contributed by atoms with van der Waals surface area (Å²) < 4.78 is 5.12. The van der Waals surface area contributed by atoms with Gasteiger partial charge in [0.05, 0.1) is 13.0 Å². The van der Waals surface area contributed by atoms with E-state index in [2.05, 4.69) is 0 Å². The van der Waals surface area contributed by atoms with E-state index < -0.39 is 6.04 Å². The lowest BCUT2D eigenvalue weighted by Crippen LogP contribution is -2.55. The molecule has 1 atom stereocenters. The molecule has 3 rings (SSSR count). The van der Waals surface area contributed by atoms with Gasteiger partial charge in [-0.25, -0.2) is 0 Å². The number of ether oxygens (including phenoxy) is 1. The van der Waals surface area contributed by atoms with Gasteiger partial charge < -0.3 is 19.4 Å². The maximum atomic E-state index is 12.9. The normalized spacial score (nSPS) is 20.2. The Morgan fingerprint density at radius 2 is 1.65 bits per heavy atom. The standard InChI is InChI=1S/C18H23N3O4S/c1-13(22)19-7-9-20(10-8-19)18(24)16-11-26-12-21(16)17(23)14-3-5-15(25-2)6-4-14/h3-6,16H,7-12H2,1-2H3. The molecule has 0 radical (unpaired) electrons. The molecule has 0 aliphatic carbocycles. The van der Waals surface area contributed by atoms with Crippen molar-refractivity contribution in [3.8, 4) is 5.75 Å². The molecule has 1 aromatic carbocycles. The third-order valence-corrected chi connectivity index (χ3v) is 5.81. The largest absolute Gasteiger partial charge is 0.497 e. The van der Waals surface area contributed by atoms with Crippen molar-refractivity contribution in [3.63, 3.8) is 0 Å². The molecule has 2 fully saturated rings. The number of benzene rings is 1. The number of thioether (sulfide) groups is 1. The van der Waals surface area contributed by atoms with Crippen LogP contribution in [-0.2, 0) is 9.59 Å². The predicted molar refractivity (Wildman–Crippen MR) is 99.1 cm³/mol. The fourth-order valence-corrected chi connectivity index (χ4v) is 4.34. The van der Waals surface area contributed by atoms with Crippen molar-refractivity contribution in [2.45, 2.75) is 13.0 Å². The zero-order valence-corrected chi connectivity index (χ0v) is 15.8. The third kappa shape index (κ3) is 3.80. The van der Waals surface area contributed by atoms with Gasteiger partial charge in [0.15, 0.2) is 0 Å². The lowest BCUT2D eigenvalue weighted by Gasteiger charge is -2.36. The molecule has 0 aromatic heterocycles. The Balaban J connectivity index is 1.66. The monoisotopic (exact) mass is 377 g/mol. The summed E-state index contributed by atoms with van der Waals surface area (Å²) in [4.78, 5) is 42.3. The molecule has 0 bridgehead atoms. The minimum Gasteiger partial charge on any atom is -0.497 e. The van der Waals surface area contributed by atoms with E-state index in [1.165, 1.54) is 0 Å². The molecule has 2 aliphatic rings.